The summed E-state index contributed by atoms with van der Waals surface area (Å²) in [6.45, 7) is 7.82. The second kappa shape index (κ2) is 13.7. The fourth-order valence-electron chi connectivity index (χ4n) is 4.29. The number of rotatable bonds is 14. The number of ether oxygens (including phenoxy) is 4. The van der Waals surface area contributed by atoms with E-state index in [0.29, 0.717) is 48.2 Å². The van der Waals surface area contributed by atoms with E-state index in [0.717, 1.165) is 19.3 Å². The summed E-state index contributed by atoms with van der Waals surface area (Å²) < 4.78 is 22.5. The number of amides is 1. The number of methoxy groups -OCH3 is 1. The van der Waals surface area contributed by atoms with Crippen LogP contribution in [0.2, 0.25) is 0 Å². The van der Waals surface area contributed by atoms with Gasteiger partial charge >= 0.3 is 0 Å². The number of likely N-dealkylation sites (tertiary alicyclic amines) is 1. The summed E-state index contributed by atoms with van der Waals surface area (Å²) in [6.07, 6.45) is 3.10. The lowest BCUT2D eigenvalue weighted by atomic mass is 9.95. The van der Waals surface area contributed by atoms with Crippen LogP contribution in [-0.2, 0) is 14.3 Å². The summed E-state index contributed by atoms with van der Waals surface area (Å²) in [5, 5.41) is 11.3. The van der Waals surface area contributed by atoms with Crippen molar-refractivity contribution < 1.29 is 33.6 Å². The van der Waals surface area contributed by atoms with Crippen molar-refractivity contribution in [3.63, 3.8) is 0 Å². The molecule has 0 spiro atoms. The summed E-state index contributed by atoms with van der Waals surface area (Å²) in [7, 11) is 1.53. The van der Waals surface area contributed by atoms with Crippen LogP contribution >= 0.6 is 0 Å². The van der Waals surface area contributed by atoms with E-state index < -0.39 is 17.7 Å². The molecule has 200 valence electrons. The highest BCUT2D eigenvalue weighted by molar-refractivity contribution is 6.46. The number of hydrogen-bond acceptors (Lipinski definition) is 7. The molecule has 0 bridgehead atoms. The number of benzene rings is 2. The van der Waals surface area contributed by atoms with Gasteiger partial charge in [-0.05, 0) is 62.2 Å². The zero-order valence-corrected chi connectivity index (χ0v) is 22.1. The Bertz CT molecular complexity index is 1090. The number of hydrogen-bond donors (Lipinski definition) is 1. The maximum absolute atomic E-state index is 13.2. The molecule has 1 N–H and O–H groups in total. The topological polar surface area (TPSA) is 94.5 Å². The predicted octanol–water partition coefficient (Wildman–Crippen LogP) is 5.12. The zero-order chi connectivity index (χ0) is 26.8. The number of ketones is 1. The van der Waals surface area contributed by atoms with Crippen LogP contribution in [0.1, 0.15) is 57.2 Å². The maximum atomic E-state index is 13.2. The molecule has 8 heteroatoms. The van der Waals surface area contributed by atoms with Gasteiger partial charge in [0.25, 0.3) is 11.7 Å². The highest BCUT2D eigenvalue weighted by Gasteiger charge is 2.46. The van der Waals surface area contributed by atoms with Gasteiger partial charge in [0.2, 0.25) is 0 Å². The monoisotopic (exact) mass is 511 g/mol. The number of carbonyl (C=O) groups is 2. The number of unbranched alkanes of at least 4 members (excludes halogenated alkanes) is 2. The SMILES string of the molecule is CCCCCOc1ccc(C2/C(=C(\O)c3ccc(OCC)cc3)C(=O)C(=O)N2CCOC)cc1OCC. The van der Waals surface area contributed by atoms with E-state index in [1.54, 1.807) is 42.5 Å². The molecule has 1 atom stereocenters. The smallest absolute Gasteiger partial charge is 0.295 e. The zero-order valence-electron chi connectivity index (χ0n) is 22.1. The summed E-state index contributed by atoms with van der Waals surface area (Å²) >= 11 is 0. The first-order valence-electron chi connectivity index (χ1n) is 12.9. The molecule has 0 saturated carbocycles. The number of aliphatic hydroxyl groups is 1. The lowest BCUT2D eigenvalue weighted by Crippen LogP contribution is -2.32. The molecule has 1 aliphatic heterocycles. The van der Waals surface area contributed by atoms with Crippen molar-refractivity contribution in [2.24, 2.45) is 0 Å². The molecule has 1 heterocycles. The quantitative estimate of drug-likeness (QED) is 0.163. The van der Waals surface area contributed by atoms with Gasteiger partial charge in [-0.1, -0.05) is 25.8 Å². The first-order valence-corrected chi connectivity index (χ1v) is 12.9. The minimum atomic E-state index is -0.810. The van der Waals surface area contributed by atoms with Crippen molar-refractivity contribution in [2.45, 2.75) is 46.1 Å². The maximum Gasteiger partial charge on any atom is 0.295 e. The van der Waals surface area contributed by atoms with Gasteiger partial charge in [-0.15, -0.1) is 0 Å². The van der Waals surface area contributed by atoms with Crippen molar-refractivity contribution >= 4 is 17.4 Å². The van der Waals surface area contributed by atoms with Crippen LogP contribution < -0.4 is 14.2 Å². The van der Waals surface area contributed by atoms with Crippen molar-refractivity contribution in [1.29, 1.82) is 0 Å². The Morgan fingerprint density at radius 3 is 2.27 bits per heavy atom. The summed E-state index contributed by atoms with van der Waals surface area (Å²) in [5.41, 5.74) is 1.07. The molecule has 8 nitrogen and oxygen atoms in total. The van der Waals surface area contributed by atoms with E-state index >= 15 is 0 Å². The van der Waals surface area contributed by atoms with Gasteiger partial charge in [-0.2, -0.15) is 0 Å². The Morgan fingerprint density at radius 2 is 1.62 bits per heavy atom. The standard InChI is InChI=1S/C29H37NO7/c1-5-8-9-17-37-23-15-12-21(19-24(23)36-7-3)26-25(28(32)29(33)30(26)16-18-34-4)27(31)20-10-13-22(14-11-20)35-6-2/h10-15,19,26,31H,5-9,16-18H2,1-4H3/b27-25+. The lowest BCUT2D eigenvalue weighted by Gasteiger charge is -2.26. The minimum Gasteiger partial charge on any atom is -0.507 e. The molecule has 1 amide bonds. The largest absolute Gasteiger partial charge is 0.507 e. The fourth-order valence-corrected chi connectivity index (χ4v) is 4.29. The highest BCUT2D eigenvalue weighted by Crippen LogP contribution is 2.42. The van der Waals surface area contributed by atoms with Gasteiger partial charge in [0.1, 0.15) is 11.5 Å². The molecule has 1 saturated heterocycles. The minimum absolute atomic E-state index is 0.0179. The highest BCUT2D eigenvalue weighted by atomic mass is 16.5. The molecular formula is C29H37NO7. The van der Waals surface area contributed by atoms with Gasteiger partial charge in [0.05, 0.1) is 38.0 Å². The van der Waals surface area contributed by atoms with Gasteiger partial charge in [-0.25, -0.2) is 0 Å². The Hall–Kier alpha value is -3.52. The molecule has 1 unspecified atom stereocenters. The number of Topliss-reactive ketones (excluding diaryl/α,β-unsaturated/α-hetero) is 1. The predicted molar refractivity (Wildman–Crippen MR) is 141 cm³/mol. The van der Waals surface area contributed by atoms with Gasteiger partial charge in [0.15, 0.2) is 11.5 Å². The van der Waals surface area contributed by atoms with Crippen molar-refractivity contribution in [2.75, 3.05) is 40.1 Å². The molecule has 37 heavy (non-hydrogen) atoms. The molecule has 0 aromatic heterocycles. The summed E-state index contributed by atoms with van der Waals surface area (Å²) in [4.78, 5) is 27.7. The molecule has 0 radical (unpaired) electrons. The van der Waals surface area contributed by atoms with Crippen molar-refractivity contribution in [1.82, 2.24) is 4.90 Å². The van der Waals surface area contributed by atoms with Gasteiger partial charge < -0.3 is 29.0 Å². The molecule has 1 aliphatic rings. The van der Waals surface area contributed by atoms with Crippen LogP contribution in [0.3, 0.4) is 0 Å². The third-order valence-electron chi connectivity index (χ3n) is 6.10. The second-order valence-electron chi connectivity index (χ2n) is 8.64. The third-order valence-corrected chi connectivity index (χ3v) is 6.10. The molecule has 1 fully saturated rings. The molecular weight excluding hydrogens is 474 g/mol. The molecule has 2 aromatic carbocycles. The third kappa shape index (κ3) is 6.63. The Morgan fingerprint density at radius 1 is 0.892 bits per heavy atom. The number of aliphatic hydroxyl groups excluding tert-OH is 1. The fraction of sp³-hybridized carbons (Fsp3) is 0.448. The lowest BCUT2D eigenvalue weighted by molar-refractivity contribution is -0.140. The van der Waals surface area contributed by atoms with E-state index in [4.69, 9.17) is 18.9 Å². The van der Waals surface area contributed by atoms with Crippen molar-refractivity contribution in [3.05, 3.63) is 59.2 Å². The Kier molecular flexibility index (Phi) is 10.4. The van der Waals surface area contributed by atoms with E-state index in [9.17, 15) is 14.7 Å². The average Bonchev–Trinajstić information content (AvgIpc) is 3.16. The van der Waals surface area contributed by atoms with Gasteiger partial charge in [0, 0.05) is 19.2 Å². The van der Waals surface area contributed by atoms with Crippen LogP contribution in [0.4, 0.5) is 0 Å². The normalized spacial score (nSPS) is 16.8. The Balaban J connectivity index is 2.06. The van der Waals surface area contributed by atoms with E-state index in [1.807, 2.05) is 13.8 Å². The second-order valence-corrected chi connectivity index (χ2v) is 8.64. The van der Waals surface area contributed by atoms with Crippen LogP contribution in [0.5, 0.6) is 17.2 Å². The first-order chi connectivity index (χ1) is 18.0. The molecule has 2 aromatic rings. The van der Waals surface area contributed by atoms with Crippen LogP contribution in [0.25, 0.3) is 5.76 Å². The first kappa shape index (κ1) is 28.1. The van der Waals surface area contributed by atoms with Crippen LogP contribution in [0.15, 0.2) is 48.0 Å². The average molecular weight is 512 g/mol. The summed E-state index contributed by atoms with van der Waals surface area (Å²) in [5.74, 6) is 0.0888. The van der Waals surface area contributed by atoms with Gasteiger partial charge in [-0.3, -0.25) is 9.59 Å². The van der Waals surface area contributed by atoms with Crippen molar-refractivity contribution in [3.8, 4) is 17.2 Å². The van der Waals surface area contributed by atoms with E-state index in [1.165, 1.54) is 12.0 Å². The molecule has 3 rings (SSSR count). The van der Waals surface area contributed by atoms with E-state index in [-0.39, 0.29) is 24.5 Å². The van der Waals surface area contributed by atoms with Crippen LogP contribution in [-0.4, -0.2) is 61.8 Å². The number of nitrogens with zero attached hydrogens (tertiary/aromatic N) is 1. The Labute approximate surface area is 218 Å². The summed E-state index contributed by atoms with van der Waals surface area (Å²) in [6, 6.07) is 11.3. The van der Waals surface area contributed by atoms with E-state index in [2.05, 4.69) is 6.92 Å². The van der Waals surface area contributed by atoms with Crippen LogP contribution in [0, 0.1) is 0 Å². The molecule has 0 aliphatic carbocycles. The number of carbonyl (C=O) groups excluding carboxylic acids is 2.